The number of methoxy groups -OCH3 is 2. The maximum atomic E-state index is 14.5. The molecule has 14 heteroatoms. The zero-order chi connectivity index (χ0) is 31.6. The molecular weight excluding hydrogens is 590 g/mol. The second kappa shape index (κ2) is 12.4. The molecule has 5 heterocycles. The number of carbonyl (C=O) groups excluding carboxylic acids is 1. The van der Waals surface area contributed by atoms with Crippen LogP contribution in [-0.2, 0) is 9.53 Å². The van der Waals surface area contributed by atoms with E-state index < -0.39 is 6.04 Å². The lowest BCUT2D eigenvalue weighted by molar-refractivity contribution is -0.134. The summed E-state index contributed by atoms with van der Waals surface area (Å²) in [6.45, 7) is 3.39. The first-order valence-corrected chi connectivity index (χ1v) is 14.9. The van der Waals surface area contributed by atoms with Crippen molar-refractivity contribution in [3.8, 4) is 23.1 Å². The minimum atomic E-state index is -0.870. The monoisotopic (exact) mass is 623 g/mol. The molecule has 0 spiro atoms. The van der Waals surface area contributed by atoms with Crippen LogP contribution in [0.25, 0.3) is 28.3 Å². The highest BCUT2D eigenvalue weighted by atomic mass is 16.5. The Bertz CT molecular complexity index is 1960. The number of hydrogen-bond donors (Lipinski definition) is 1. The number of anilines is 2. The summed E-state index contributed by atoms with van der Waals surface area (Å²) in [6, 6.07) is 18.1. The second-order valence-electron chi connectivity index (χ2n) is 10.7. The van der Waals surface area contributed by atoms with Crippen molar-refractivity contribution in [1.29, 1.82) is 0 Å². The van der Waals surface area contributed by atoms with E-state index in [0.717, 1.165) is 11.4 Å². The van der Waals surface area contributed by atoms with Crippen LogP contribution in [-0.4, -0.2) is 93.8 Å². The van der Waals surface area contributed by atoms with E-state index in [0.29, 0.717) is 79.0 Å². The summed E-state index contributed by atoms with van der Waals surface area (Å²) in [7, 11) is 3.23. The Morgan fingerprint density at radius 2 is 1.76 bits per heavy atom. The van der Waals surface area contributed by atoms with Gasteiger partial charge in [0, 0.05) is 44.5 Å². The van der Waals surface area contributed by atoms with E-state index in [1.165, 1.54) is 4.52 Å². The summed E-state index contributed by atoms with van der Waals surface area (Å²) in [5, 5.41) is 9.76. The Kier molecular flexibility index (Phi) is 7.84. The van der Waals surface area contributed by atoms with Gasteiger partial charge in [-0.1, -0.05) is 18.2 Å². The van der Waals surface area contributed by atoms with E-state index in [9.17, 15) is 4.79 Å². The zero-order valence-electron chi connectivity index (χ0n) is 25.4. The molecule has 2 aromatic carbocycles. The van der Waals surface area contributed by atoms with Gasteiger partial charge in [0.2, 0.25) is 11.8 Å². The number of para-hydroxylation sites is 1. The summed E-state index contributed by atoms with van der Waals surface area (Å²) in [5.41, 5.74) is 8.96. The number of furan rings is 1. The number of hydrogen-bond acceptors (Lipinski definition) is 11. The first-order chi connectivity index (χ1) is 22.6. The van der Waals surface area contributed by atoms with E-state index in [4.69, 9.17) is 24.4 Å². The highest BCUT2D eigenvalue weighted by Gasteiger charge is 2.34. The maximum Gasteiger partial charge on any atom is 0.252 e. The van der Waals surface area contributed by atoms with E-state index in [-0.39, 0.29) is 11.9 Å². The number of amides is 1. The van der Waals surface area contributed by atoms with Crippen LogP contribution in [0.2, 0.25) is 0 Å². The topological polar surface area (TPSA) is 151 Å². The minimum absolute atomic E-state index is 0.101. The van der Waals surface area contributed by atoms with Crippen LogP contribution >= 0.6 is 0 Å². The van der Waals surface area contributed by atoms with Crippen molar-refractivity contribution < 1.29 is 23.4 Å². The Hall–Kier alpha value is -5.63. The fourth-order valence-corrected chi connectivity index (χ4v) is 5.74. The molecule has 7 rings (SSSR count). The van der Waals surface area contributed by atoms with Gasteiger partial charge in [-0.2, -0.15) is 14.6 Å². The van der Waals surface area contributed by atoms with Crippen molar-refractivity contribution in [2.75, 3.05) is 64.2 Å². The number of rotatable bonds is 10. The molecular formula is C32H33N9O5. The van der Waals surface area contributed by atoms with Crippen molar-refractivity contribution in [3.63, 3.8) is 0 Å². The van der Waals surface area contributed by atoms with Crippen LogP contribution in [0, 0.1) is 0 Å². The number of carbonyl (C=O) groups is 1. The predicted octanol–water partition coefficient (Wildman–Crippen LogP) is 3.29. The summed E-state index contributed by atoms with van der Waals surface area (Å²) in [6.07, 6.45) is 3.18. The molecule has 1 fully saturated rings. The molecule has 0 unspecified atom stereocenters. The van der Waals surface area contributed by atoms with Gasteiger partial charge in [0.15, 0.2) is 23.1 Å². The standard InChI is InChI=1S/C32H33N9O5/c1-43-18-19-45-22-11-9-21(10-12-22)38-13-15-39(16-14-38)31(42)27(23-6-3-4-7-25(23)44-2)40-30-24(20-34-40)29-35-28(26-8-5-17-46-26)37-41(29)32(33)36-30/h3-12,17,20,27H,13-16,18-19H2,1-2H3,(H2,33,36)/t27-/m0/s1. The average molecular weight is 624 g/mol. The third-order valence-electron chi connectivity index (χ3n) is 8.06. The van der Waals surface area contributed by atoms with Gasteiger partial charge < -0.3 is 34.2 Å². The van der Waals surface area contributed by atoms with Gasteiger partial charge in [-0.15, -0.1) is 5.10 Å². The van der Waals surface area contributed by atoms with Crippen molar-refractivity contribution in [3.05, 3.63) is 78.7 Å². The number of benzene rings is 2. The van der Waals surface area contributed by atoms with Gasteiger partial charge in [0.1, 0.15) is 18.1 Å². The maximum absolute atomic E-state index is 14.5. The molecule has 0 bridgehead atoms. The van der Waals surface area contributed by atoms with Crippen molar-refractivity contribution in [1.82, 2.24) is 34.3 Å². The number of fused-ring (bicyclic) bond motifs is 3. The van der Waals surface area contributed by atoms with Gasteiger partial charge in [-0.25, -0.2) is 9.67 Å². The van der Waals surface area contributed by atoms with E-state index in [2.05, 4.69) is 25.1 Å². The molecule has 2 N–H and O–H groups in total. The predicted molar refractivity (Wildman–Crippen MR) is 170 cm³/mol. The molecule has 1 saturated heterocycles. The molecule has 6 aromatic rings. The molecule has 1 atom stereocenters. The Balaban J connectivity index is 1.19. The van der Waals surface area contributed by atoms with Gasteiger partial charge >= 0.3 is 0 Å². The highest BCUT2D eigenvalue weighted by Crippen LogP contribution is 2.33. The molecule has 1 aliphatic heterocycles. The summed E-state index contributed by atoms with van der Waals surface area (Å²) >= 11 is 0. The molecule has 1 amide bonds. The van der Waals surface area contributed by atoms with Gasteiger partial charge in [-0.3, -0.25) is 4.79 Å². The average Bonchev–Trinajstić information content (AvgIpc) is 3.87. The van der Waals surface area contributed by atoms with Crippen LogP contribution < -0.4 is 20.1 Å². The van der Waals surface area contributed by atoms with Crippen LogP contribution in [0.15, 0.2) is 77.5 Å². The Labute approximate surface area is 263 Å². The second-order valence-corrected chi connectivity index (χ2v) is 10.7. The van der Waals surface area contributed by atoms with Crippen LogP contribution in [0.1, 0.15) is 11.6 Å². The quantitative estimate of drug-likeness (QED) is 0.224. The van der Waals surface area contributed by atoms with Gasteiger partial charge in [-0.05, 0) is 42.5 Å². The molecule has 4 aromatic heterocycles. The van der Waals surface area contributed by atoms with E-state index in [1.54, 1.807) is 43.5 Å². The van der Waals surface area contributed by atoms with Crippen molar-refractivity contribution >= 4 is 34.2 Å². The third kappa shape index (κ3) is 5.32. The lowest BCUT2D eigenvalue weighted by atomic mass is 10.0. The Morgan fingerprint density at radius 1 is 0.957 bits per heavy atom. The van der Waals surface area contributed by atoms with E-state index >= 15 is 0 Å². The fraction of sp³-hybridized carbons (Fsp3) is 0.281. The molecule has 46 heavy (non-hydrogen) atoms. The third-order valence-corrected chi connectivity index (χ3v) is 8.06. The van der Waals surface area contributed by atoms with Crippen LogP contribution in [0.3, 0.4) is 0 Å². The van der Waals surface area contributed by atoms with E-state index in [1.807, 2.05) is 53.4 Å². The zero-order valence-corrected chi connectivity index (χ0v) is 25.4. The number of nitrogens with two attached hydrogens (primary N) is 1. The molecule has 14 nitrogen and oxygen atoms in total. The molecule has 236 valence electrons. The lowest BCUT2D eigenvalue weighted by Crippen LogP contribution is -2.51. The van der Waals surface area contributed by atoms with Crippen LogP contribution in [0.5, 0.6) is 11.5 Å². The summed E-state index contributed by atoms with van der Waals surface area (Å²) in [5.74, 6) is 2.18. The highest BCUT2D eigenvalue weighted by molar-refractivity contribution is 5.93. The smallest absolute Gasteiger partial charge is 0.252 e. The number of ether oxygens (including phenoxy) is 3. The first-order valence-electron chi connectivity index (χ1n) is 14.9. The number of nitrogens with zero attached hydrogens (tertiary/aromatic N) is 8. The van der Waals surface area contributed by atoms with Crippen molar-refractivity contribution in [2.45, 2.75) is 6.04 Å². The van der Waals surface area contributed by atoms with Gasteiger partial charge in [0.25, 0.3) is 5.91 Å². The van der Waals surface area contributed by atoms with Crippen molar-refractivity contribution in [2.24, 2.45) is 0 Å². The Morgan fingerprint density at radius 3 is 2.50 bits per heavy atom. The lowest BCUT2D eigenvalue weighted by Gasteiger charge is -2.37. The van der Waals surface area contributed by atoms with Gasteiger partial charge in [0.05, 0.1) is 31.6 Å². The fourth-order valence-electron chi connectivity index (χ4n) is 5.74. The number of aromatic nitrogens is 6. The molecule has 1 aliphatic rings. The summed E-state index contributed by atoms with van der Waals surface area (Å²) in [4.78, 5) is 27.9. The first kappa shape index (κ1) is 29.1. The molecule has 0 radical (unpaired) electrons. The number of nitrogen functional groups attached to an aromatic ring is 1. The van der Waals surface area contributed by atoms with Crippen LogP contribution in [0.4, 0.5) is 11.6 Å². The number of piperazine rings is 1. The molecule has 0 aliphatic carbocycles. The molecule has 0 saturated carbocycles. The largest absolute Gasteiger partial charge is 0.496 e. The summed E-state index contributed by atoms with van der Waals surface area (Å²) < 4.78 is 25.0. The normalized spacial score (nSPS) is 14.2. The minimum Gasteiger partial charge on any atom is -0.496 e. The SMILES string of the molecule is COCCOc1ccc(N2CCN(C(=O)[C@H](c3ccccc3OC)n3ncc4c3nc(N)n3nc(-c5ccco5)nc43)CC2)cc1.